The summed E-state index contributed by atoms with van der Waals surface area (Å²) in [6.45, 7) is 2.11. The lowest BCUT2D eigenvalue weighted by atomic mass is 10.00. The predicted octanol–water partition coefficient (Wildman–Crippen LogP) is 4.41. The van der Waals surface area contributed by atoms with E-state index in [1.165, 1.54) is 16.3 Å². The van der Waals surface area contributed by atoms with Crippen molar-refractivity contribution in [2.24, 2.45) is 4.99 Å². The van der Waals surface area contributed by atoms with E-state index in [9.17, 15) is 0 Å². The van der Waals surface area contributed by atoms with Crippen molar-refractivity contribution in [3.05, 3.63) is 78.1 Å². The maximum Gasteiger partial charge on any atom is 0.0808 e. The molecule has 1 unspecified atom stereocenters. The van der Waals surface area contributed by atoms with Gasteiger partial charge in [0.25, 0.3) is 0 Å². The highest BCUT2D eigenvalue weighted by Crippen LogP contribution is 2.26. The Morgan fingerprint density at radius 3 is 2.60 bits per heavy atom. The van der Waals surface area contributed by atoms with Crippen molar-refractivity contribution < 1.29 is 0 Å². The summed E-state index contributed by atoms with van der Waals surface area (Å²) in [7, 11) is 0. The van der Waals surface area contributed by atoms with Crippen LogP contribution in [0.25, 0.3) is 10.8 Å². The van der Waals surface area contributed by atoms with Crippen molar-refractivity contribution in [3.63, 3.8) is 0 Å². The van der Waals surface area contributed by atoms with Crippen LogP contribution in [0.1, 0.15) is 24.2 Å². The molecule has 2 aromatic carbocycles. The quantitative estimate of drug-likeness (QED) is 0.640. The molecule has 1 atom stereocenters. The van der Waals surface area contributed by atoms with Gasteiger partial charge in [-0.1, -0.05) is 48.5 Å². The number of hydrogen-bond donors (Lipinski definition) is 0. The molecule has 98 valence electrons. The summed E-state index contributed by atoms with van der Waals surface area (Å²) >= 11 is 0. The Hall–Kier alpha value is -2.48. The molecule has 2 heteroatoms. The van der Waals surface area contributed by atoms with Crippen LogP contribution in [0.5, 0.6) is 0 Å². The molecular weight excluding hydrogens is 244 g/mol. The number of rotatable bonds is 3. The van der Waals surface area contributed by atoms with Crippen LogP contribution >= 0.6 is 0 Å². The molecule has 0 aliphatic heterocycles. The minimum Gasteiger partial charge on any atom is -0.283 e. The first-order chi connectivity index (χ1) is 9.84. The second kappa shape index (κ2) is 5.66. The highest BCUT2D eigenvalue weighted by Gasteiger charge is 2.06. The van der Waals surface area contributed by atoms with Crippen LogP contribution in [0.3, 0.4) is 0 Å². The van der Waals surface area contributed by atoms with E-state index in [0.717, 1.165) is 5.69 Å². The maximum absolute atomic E-state index is 4.63. The molecule has 1 heterocycles. The fourth-order valence-electron chi connectivity index (χ4n) is 2.34. The first-order valence-electron chi connectivity index (χ1n) is 6.76. The van der Waals surface area contributed by atoms with Crippen molar-refractivity contribution >= 4 is 17.0 Å². The van der Waals surface area contributed by atoms with E-state index in [-0.39, 0.29) is 6.04 Å². The summed E-state index contributed by atoms with van der Waals surface area (Å²) < 4.78 is 0. The Labute approximate surface area is 118 Å². The van der Waals surface area contributed by atoms with E-state index < -0.39 is 0 Å². The average molecular weight is 260 g/mol. The number of fused-ring (bicyclic) bond motifs is 1. The lowest BCUT2D eigenvalue weighted by Gasteiger charge is -2.10. The second-order valence-electron chi connectivity index (χ2n) is 4.78. The van der Waals surface area contributed by atoms with E-state index in [1.807, 2.05) is 24.4 Å². The number of hydrogen-bond acceptors (Lipinski definition) is 2. The van der Waals surface area contributed by atoms with E-state index in [1.54, 1.807) is 6.20 Å². The minimum absolute atomic E-state index is 0.114. The molecule has 3 rings (SSSR count). The third-order valence-corrected chi connectivity index (χ3v) is 3.39. The van der Waals surface area contributed by atoms with E-state index in [4.69, 9.17) is 0 Å². The zero-order valence-electron chi connectivity index (χ0n) is 11.4. The molecule has 0 aliphatic rings. The second-order valence-corrected chi connectivity index (χ2v) is 4.78. The zero-order chi connectivity index (χ0) is 13.8. The summed E-state index contributed by atoms with van der Waals surface area (Å²) in [5.74, 6) is 0. The van der Waals surface area contributed by atoms with Crippen LogP contribution in [-0.4, -0.2) is 11.2 Å². The highest BCUT2D eigenvalue weighted by molar-refractivity contribution is 5.86. The standard InChI is InChI=1S/C18H16N2/c1-14(20-13-16-9-4-5-12-19-16)17-11-6-8-15-7-2-3-10-18(15)17/h2-14H,1H3. The lowest BCUT2D eigenvalue weighted by Crippen LogP contribution is -1.93. The van der Waals surface area contributed by atoms with E-state index >= 15 is 0 Å². The molecule has 0 fully saturated rings. The molecule has 20 heavy (non-hydrogen) atoms. The summed E-state index contributed by atoms with van der Waals surface area (Å²) in [6.07, 6.45) is 3.62. The van der Waals surface area contributed by atoms with Gasteiger partial charge in [0.15, 0.2) is 0 Å². The van der Waals surface area contributed by atoms with Crippen LogP contribution in [0.4, 0.5) is 0 Å². The monoisotopic (exact) mass is 260 g/mol. The van der Waals surface area contributed by atoms with Gasteiger partial charge < -0.3 is 0 Å². The first kappa shape index (κ1) is 12.5. The van der Waals surface area contributed by atoms with Crippen LogP contribution < -0.4 is 0 Å². The largest absolute Gasteiger partial charge is 0.283 e. The Morgan fingerprint density at radius 2 is 1.75 bits per heavy atom. The van der Waals surface area contributed by atoms with Crippen LogP contribution in [0, 0.1) is 0 Å². The van der Waals surface area contributed by atoms with Gasteiger partial charge in [0.05, 0.1) is 11.7 Å². The molecule has 0 saturated heterocycles. The van der Waals surface area contributed by atoms with Gasteiger partial charge in [0.2, 0.25) is 0 Å². The van der Waals surface area contributed by atoms with Gasteiger partial charge in [-0.3, -0.25) is 9.98 Å². The van der Waals surface area contributed by atoms with E-state index in [2.05, 4.69) is 59.4 Å². The summed E-state index contributed by atoms with van der Waals surface area (Å²) in [6, 6.07) is 20.7. The molecule has 0 amide bonds. The molecule has 0 bridgehead atoms. The molecule has 0 N–H and O–H groups in total. The van der Waals surface area contributed by atoms with Gasteiger partial charge in [-0.15, -0.1) is 0 Å². The summed E-state index contributed by atoms with van der Waals surface area (Å²) in [5, 5.41) is 2.52. The SMILES string of the molecule is CC(N=Cc1ccccn1)c1cccc2ccccc12. The van der Waals surface area contributed by atoms with Gasteiger partial charge in [-0.2, -0.15) is 0 Å². The van der Waals surface area contributed by atoms with Crippen LogP contribution in [0.15, 0.2) is 71.9 Å². The van der Waals surface area contributed by atoms with Crippen LogP contribution in [0.2, 0.25) is 0 Å². The maximum atomic E-state index is 4.63. The number of pyridine rings is 1. The van der Waals surface area contributed by atoms with Crippen molar-refractivity contribution in [1.29, 1.82) is 0 Å². The number of nitrogens with zero attached hydrogens (tertiary/aromatic N) is 2. The Morgan fingerprint density at radius 1 is 0.950 bits per heavy atom. The van der Waals surface area contributed by atoms with Crippen molar-refractivity contribution in [2.75, 3.05) is 0 Å². The van der Waals surface area contributed by atoms with Gasteiger partial charge in [0, 0.05) is 12.4 Å². The van der Waals surface area contributed by atoms with Gasteiger partial charge >= 0.3 is 0 Å². The Kier molecular flexibility index (Phi) is 3.55. The molecule has 0 aliphatic carbocycles. The zero-order valence-corrected chi connectivity index (χ0v) is 11.4. The van der Waals surface area contributed by atoms with Gasteiger partial charge in [-0.05, 0) is 35.4 Å². The average Bonchev–Trinajstić information content (AvgIpc) is 2.53. The molecule has 0 radical (unpaired) electrons. The van der Waals surface area contributed by atoms with Gasteiger partial charge in [0.1, 0.15) is 0 Å². The Bertz CT molecular complexity index is 727. The van der Waals surface area contributed by atoms with E-state index in [0.29, 0.717) is 0 Å². The van der Waals surface area contributed by atoms with Crippen molar-refractivity contribution in [3.8, 4) is 0 Å². The summed E-state index contributed by atoms with van der Waals surface area (Å²) in [5.41, 5.74) is 2.13. The minimum atomic E-state index is 0.114. The number of aromatic nitrogens is 1. The predicted molar refractivity (Wildman–Crippen MR) is 84.2 cm³/mol. The molecule has 2 nitrogen and oxygen atoms in total. The fourth-order valence-corrected chi connectivity index (χ4v) is 2.34. The summed E-state index contributed by atoms with van der Waals surface area (Å²) in [4.78, 5) is 8.88. The third kappa shape index (κ3) is 2.59. The highest BCUT2D eigenvalue weighted by atomic mass is 14.8. The van der Waals surface area contributed by atoms with Crippen molar-refractivity contribution in [2.45, 2.75) is 13.0 Å². The van der Waals surface area contributed by atoms with Crippen LogP contribution in [-0.2, 0) is 0 Å². The molecule has 0 saturated carbocycles. The normalized spacial score (nSPS) is 12.8. The topological polar surface area (TPSA) is 25.2 Å². The third-order valence-electron chi connectivity index (χ3n) is 3.39. The first-order valence-corrected chi connectivity index (χ1v) is 6.76. The lowest BCUT2D eigenvalue weighted by molar-refractivity contribution is 0.833. The Balaban J connectivity index is 1.93. The van der Waals surface area contributed by atoms with Gasteiger partial charge in [-0.25, -0.2) is 0 Å². The molecule has 0 spiro atoms. The van der Waals surface area contributed by atoms with Crippen molar-refractivity contribution in [1.82, 2.24) is 4.98 Å². The number of benzene rings is 2. The smallest absolute Gasteiger partial charge is 0.0808 e. The number of aliphatic imine (C=N–C) groups is 1. The molecule has 1 aromatic heterocycles. The molecular formula is C18H16N2. The fraction of sp³-hybridized carbons (Fsp3) is 0.111. The molecule has 3 aromatic rings.